The number of nitrogens with zero attached hydrogens (tertiary/aromatic N) is 2. The van der Waals surface area contributed by atoms with E-state index in [2.05, 4.69) is 5.32 Å². The van der Waals surface area contributed by atoms with Gasteiger partial charge in [0.1, 0.15) is 36.2 Å². The number of fused-ring (bicyclic) bond motifs is 6. The Bertz CT molecular complexity index is 2180. The number of pyridine rings is 1. The summed E-state index contributed by atoms with van der Waals surface area (Å²) in [7, 11) is 0. The number of carbonyl (C=O) groups is 2. The molecule has 2 N–H and O–H groups in total. The number of halogens is 9. The molecular formula is C37H30F9N3O5. The lowest BCUT2D eigenvalue weighted by Gasteiger charge is -2.34. The van der Waals surface area contributed by atoms with Crippen molar-refractivity contribution >= 4 is 11.9 Å². The van der Waals surface area contributed by atoms with Crippen molar-refractivity contribution in [2.24, 2.45) is 0 Å². The quantitative estimate of drug-likeness (QED) is 0.202. The van der Waals surface area contributed by atoms with Crippen LogP contribution in [-0.2, 0) is 35.0 Å². The Hall–Kier alpha value is -5.32. The normalized spacial score (nSPS) is 18.2. The van der Waals surface area contributed by atoms with Gasteiger partial charge in [-0.3, -0.25) is 23.9 Å². The number of carbonyl (C=O) groups excluding carboxylic acids is 1. The van der Waals surface area contributed by atoms with Crippen molar-refractivity contribution in [3.05, 3.63) is 122 Å². The molecule has 1 fully saturated rings. The monoisotopic (exact) mass is 767 g/mol. The average molecular weight is 768 g/mol. The number of alkyl halides is 7. The summed E-state index contributed by atoms with van der Waals surface area (Å²) >= 11 is 0. The molecule has 2 aliphatic heterocycles. The van der Waals surface area contributed by atoms with E-state index in [9.17, 15) is 50.2 Å². The number of hydrogen-bond acceptors (Lipinski definition) is 5. The number of ether oxygens (including phenoxy) is 1. The summed E-state index contributed by atoms with van der Waals surface area (Å²) in [6.07, 6.45) is -12.5. The molecular weight excluding hydrogens is 737 g/mol. The third kappa shape index (κ3) is 7.81. The van der Waals surface area contributed by atoms with Gasteiger partial charge in [-0.25, -0.2) is 13.2 Å². The van der Waals surface area contributed by atoms with Gasteiger partial charge in [-0.05, 0) is 65.9 Å². The third-order valence-corrected chi connectivity index (χ3v) is 9.35. The molecule has 0 aliphatic carbocycles. The van der Waals surface area contributed by atoms with Crippen LogP contribution in [0.1, 0.15) is 57.4 Å². The number of rotatable bonds is 6. The molecule has 0 unspecified atom stereocenters. The zero-order valence-corrected chi connectivity index (χ0v) is 28.1. The predicted octanol–water partition coefficient (Wildman–Crippen LogP) is 7.15. The van der Waals surface area contributed by atoms with Crippen molar-refractivity contribution in [2.75, 3.05) is 19.6 Å². The number of carboxylic acid groups (broad SMARTS) is 1. The molecule has 17 heteroatoms. The van der Waals surface area contributed by atoms with Crippen LogP contribution in [0.15, 0.2) is 65.6 Å². The molecule has 2 atom stereocenters. The number of aromatic nitrogens is 1. The lowest BCUT2D eigenvalue weighted by Crippen LogP contribution is -2.49. The highest BCUT2D eigenvalue weighted by Crippen LogP contribution is 2.42. The van der Waals surface area contributed by atoms with Crippen LogP contribution < -0.4 is 15.6 Å². The summed E-state index contributed by atoms with van der Waals surface area (Å²) in [6.45, 7) is 0.969. The number of benzene rings is 3. The van der Waals surface area contributed by atoms with Crippen LogP contribution in [-0.4, -0.2) is 52.3 Å². The Morgan fingerprint density at radius 1 is 0.944 bits per heavy atom. The number of carboxylic acids is 1. The van der Waals surface area contributed by atoms with Crippen molar-refractivity contribution in [1.82, 2.24) is 14.8 Å². The minimum atomic E-state index is -5.32. The van der Waals surface area contributed by atoms with Crippen LogP contribution in [0.25, 0.3) is 11.1 Å². The average Bonchev–Trinajstić information content (AvgIpc) is 3.06. The summed E-state index contributed by atoms with van der Waals surface area (Å²) in [5.74, 6) is -6.24. The van der Waals surface area contributed by atoms with E-state index in [1.54, 1.807) is 0 Å². The molecule has 3 aromatic carbocycles. The smallest absolute Gasteiger partial charge is 0.419 e. The number of nitrogens with one attached hydrogen (secondary N) is 1. The highest BCUT2D eigenvalue weighted by Gasteiger charge is 2.40. The molecule has 4 bridgehead atoms. The minimum absolute atomic E-state index is 0.00358. The molecule has 0 saturated carbocycles. The first-order valence-electron chi connectivity index (χ1n) is 16.4. The van der Waals surface area contributed by atoms with Crippen LogP contribution in [0.5, 0.6) is 5.75 Å². The van der Waals surface area contributed by atoms with Crippen LogP contribution >= 0.6 is 0 Å². The van der Waals surface area contributed by atoms with Gasteiger partial charge in [0.05, 0.1) is 23.6 Å². The molecule has 0 spiro atoms. The predicted molar refractivity (Wildman–Crippen MR) is 174 cm³/mol. The van der Waals surface area contributed by atoms with Crippen molar-refractivity contribution < 1.29 is 58.9 Å². The SMILES string of the molecule is Cc1cccc2c1-c1cc(c(F)c(C(F)(F)F)c1)[C@H](CC(=O)O)NC(=O)[C@@H](n1cc(CCN3CC(F)C3)c(C(F)(F)F)cc1=O)c1cc(ccc1F)CO2. The second-order valence-corrected chi connectivity index (χ2v) is 13.1. The van der Waals surface area contributed by atoms with Crippen LogP contribution in [0, 0.1) is 18.6 Å². The molecule has 3 heterocycles. The van der Waals surface area contributed by atoms with Crippen molar-refractivity contribution in [1.29, 1.82) is 0 Å². The molecule has 54 heavy (non-hydrogen) atoms. The van der Waals surface area contributed by atoms with Gasteiger partial charge < -0.3 is 15.2 Å². The lowest BCUT2D eigenvalue weighted by molar-refractivity contribution is -0.140. The van der Waals surface area contributed by atoms with Gasteiger partial charge in [0.2, 0.25) is 5.91 Å². The van der Waals surface area contributed by atoms with E-state index in [1.807, 2.05) is 0 Å². The molecule has 1 amide bonds. The fraction of sp³-hybridized carbons (Fsp3) is 0.324. The number of aliphatic carboxylic acids is 1. The zero-order valence-electron chi connectivity index (χ0n) is 28.1. The number of aryl methyl sites for hydroxylation is 1. The molecule has 0 radical (unpaired) electrons. The summed E-state index contributed by atoms with van der Waals surface area (Å²) < 4.78 is 137. The molecule has 4 aromatic rings. The summed E-state index contributed by atoms with van der Waals surface area (Å²) in [5, 5.41) is 11.9. The first kappa shape index (κ1) is 38.4. The second kappa shape index (κ2) is 14.5. The van der Waals surface area contributed by atoms with E-state index in [0.29, 0.717) is 22.4 Å². The van der Waals surface area contributed by atoms with Gasteiger partial charge in [-0.2, -0.15) is 26.3 Å². The highest BCUT2D eigenvalue weighted by atomic mass is 19.4. The fourth-order valence-corrected chi connectivity index (χ4v) is 6.74. The van der Waals surface area contributed by atoms with Crippen LogP contribution in [0.3, 0.4) is 0 Å². The molecule has 1 aromatic heterocycles. The zero-order chi connectivity index (χ0) is 39.3. The minimum Gasteiger partial charge on any atom is -0.488 e. The van der Waals surface area contributed by atoms with E-state index < -0.39 is 107 Å². The van der Waals surface area contributed by atoms with Gasteiger partial charge in [-0.15, -0.1) is 0 Å². The Morgan fingerprint density at radius 2 is 1.65 bits per heavy atom. The number of hydrogen-bond donors (Lipinski definition) is 2. The van der Waals surface area contributed by atoms with Crippen molar-refractivity contribution in [2.45, 2.75) is 57.0 Å². The Labute approximate surface area is 300 Å². The van der Waals surface area contributed by atoms with E-state index in [4.69, 9.17) is 4.74 Å². The van der Waals surface area contributed by atoms with Crippen LogP contribution in [0.4, 0.5) is 39.5 Å². The standard InChI is InChI=1S/C37H30F9N3O5/c1-18-3-2-4-29-32(18)21-10-24(33(40)26(11-21)37(44,45)46)28(13-31(51)52)47-35(53)34(23-9-19(17-54-29)5-6-27(23)39)49-14-20(7-8-48-15-22(38)16-48)25(12-30(49)50)36(41,42)43/h2-6,9-12,14,22,28,34H,7-8,13,15-17H2,1H3,(H,47,53)(H,51,52)/t28-,34-/m0/s1. The second-order valence-electron chi connectivity index (χ2n) is 13.1. The lowest BCUT2D eigenvalue weighted by atomic mass is 9.91. The van der Waals surface area contributed by atoms with Gasteiger partial charge in [-0.1, -0.05) is 18.2 Å². The van der Waals surface area contributed by atoms with E-state index in [-0.39, 0.29) is 48.1 Å². The molecule has 8 nitrogen and oxygen atoms in total. The van der Waals surface area contributed by atoms with Gasteiger partial charge >= 0.3 is 18.3 Å². The van der Waals surface area contributed by atoms with E-state index >= 15 is 8.78 Å². The first-order valence-corrected chi connectivity index (χ1v) is 16.4. The first-order chi connectivity index (χ1) is 25.3. The topological polar surface area (TPSA) is 101 Å². The van der Waals surface area contributed by atoms with Crippen molar-refractivity contribution in [3.8, 4) is 16.9 Å². The maximum Gasteiger partial charge on any atom is 0.419 e. The van der Waals surface area contributed by atoms with Gasteiger partial charge in [0.15, 0.2) is 0 Å². The summed E-state index contributed by atoms with van der Waals surface area (Å²) in [6, 6.07) is 5.03. The molecule has 286 valence electrons. The summed E-state index contributed by atoms with van der Waals surface area (Å²) in [4.78, 5) is 41.4. The molecule has 2 aliphatic rings. The Morgan fingerprint density at radius 3 is 2.30 bits per heavy atom. The largest absolute Gasteiger partial charge is 0.488 e. The Balaban J connectivity index is 1.59. The maximum absolute atomic E-state index is 16.0. The Kier molecular flexibility index (Phi) is 10.3. The van der Waals surface area contributed by atoms with Gasteiger partial charge in [0, 0.05) is 48.6 Å². The van der Waals surface area contributed by atoms with E-state index in [0.717, 1.165) is 18.2 Å². The van der Waals surface area contributed by atoms with Gasteiger partial charge in [0.25, 0.3) is 5.56 Å². The van der Waals surface area contributed by atoms with Crippen LogP contribution in [0.2, 0.25) is 0 Å². The molecule has 6 rings (SSSR count). The third-order valence-electron chi connectivity index (χ3n) is 9.35. The highest BCUT2D eigenvalue weighted by molar-refractivity contribution is 5.85. The molecule has 1 saturated heterocycles. The summed E-state index contributed by atoms with van der Waals surface area (Å²) in [5.41, 5.74) is -6.35. The fourth-order valence-electron chi connectivity index (χ4n) is 6.74. The maximum atomic E-state index is 16.0. The van der Waals surface area contributed by atoms with E-state index in [1.165, 1.54) is 36.1 Å². The number of amides is 1. The van der Waals surface area contributed by atoms with Crippen molar-refractivity contribution in [3.63, 3.8) is 0 Å². The number of likely N-dealkylation sites (tertiary alicyclic amines) is 1.